The Kier molecular flexibility index (Phi) is 4.53. The van der Waals surface area contributed by atoms with Gasteiger partial charge in [-0.25, -0.2) is 4.68 Å². The maximum Gasteiger partial charge on any atom is 0.254 e. The fraction of sp³-hybridized carbons (Fsp3) is 0.211. The van der Waals surface area contributed by atoms with Crippen LogP contribution in [0.15, 0.2) is 58.5 Å². The van der Waals surface area contributed by atoms with Crippen LogP contribution in [0.2, 0.25) is 0 Å². The molecule has 0 radical (unpaired) electrons. The second kappa shape index (κ2) is 7.13. The van der Waals surface area contributed by atoms with Crippen LogP contribution in [0.25, 0.3) is 11.0 Å². The SMILES string of the molecule is CCn1nnc2cc(C(=O)N(Cc3ccco3)Cc3cccs3)ccc21. The summed E-state index contributed by atoms with van der Waals surface area (Å²) in [7, 11) is 0. The predicted molar refractivity (Wildman–Crippen MR) is 99.8 cm³/mol. The zero-order valence-electron chi connectivity index (χ0n) is 14.3. The molecule has 0 saturated heterocycles. The Morgan fingerprint density at radius 2 is 2.15 bits per heavy atom. The highest BCUT2D eigenvalue weighted by Gasteiger charge is 2.19. The van der Waals surface area contributed by atoms with Crippen LogP contribution in [0.1, 0.15) is 27.9 Å². The van der Waals surface area contributed by atoms with Gasteiger partial charge in [0.2, 0.25) is 0 Å². The minimum absolute atomic E-state index is 0.0530. The van der Waals surface area contributed by atoms with Crippen LogP contribution in [0.3, 0.4) is 0 Å². The first-order chi connectivity index (χ1) is 12.7. The van der Waals surface area contributed by atoms with E-state index in [0.29, 0.717) is 18.7 Å². The highest BCUT2D eigenvalue weighted by Crippen LogP contribution is 2.20. The first-order valence-corrected chi connectivity index (χ1v) is 9.30. The fourth-order valence-electron chi connectivity index (χ4n) is 2.90. The molecule has 1 aromatic carbocycles. The Morgan fingerprint density at radius 1 is 1.23 bits per heavy atom. The van der Waals surface area contributed by atoms with E-state index in [-0.39, 0.29) is 5.91 Å². The van der Waals surface area contributed by atoms with E-state index in [1.165, 1.54) is 0 Å². The Morgan fingerprint density at radius 3 is 2.88 bits per heavy atom. The largest absolute Gasteiger partial charge is 0.467 e. The molecule has 0 aliphatic heterocycles. The molecule has 3 aromatic heterocycles. The van der Waals surface area contributed by atoms with Crippen molar-refractivity contribution in [2.75, 3.05) is 0 Å². The molecule has 0 spiro atoms. The average molecular weight is 366 g/mol. The van der Waals surface area contributed by atoms with E-state index < -0.39 is 0 Å². The van der Waals surface area contributed by atoms with Gasteiger partial charge in [-0.15, -0.1) is 16.4 Å². The lowest BCUT2D eigenvalue weighted by Crippen LogP contribution is -2.29. The lowest BCUT2D eigenvalue weighted by molar-refractivity contribution is 0.0719. The maximum atomic E-state index is 13.2. The molecule has 0 aliphatic rings. The minimum atomic E-state index is -0.0530. The number of amides is 1. The molecular formula is C19H18N4O2S. The predicted octanol–water partition coefficient (Wildman–Crippen LogP) is 3.95. The van der Waals surface area contributed by atoms with Crippen LogP contribution in [0, 0.1) is 0 Å². The van der Waals surface area contributed by atoms with Crippen molar-refractivity contribution in [1.29, 1.82) is 0 Å². The van der Waals surface area contributed by atoms with Crippen LogP contribution in [0.5, 0.6) is 0 Å². The Bertz CT molecular complexity index is 969. The number of carbonyl (C=O) groups is 1. The van der Waals surface area contributed by atoms with Gasteiger partial charge < -0.3 is 9.32 Å². The van der Waals surface area contributed by atoms with Gasteiger partial charge in [0.1, 0.15) is 11.3 Å². The molecule has 1 amide bonds. The number of rotatable bonds is 6. The van der Waals surface area contributed by atoms with Crippen molar-refractivity contribution < 1.29 is 9.21 Å². The summed E-state index contributed by atoms with van der Waals surface area (Å²) in [6.07, 6.45) is 1.62. The van der Waals surface area contributed by atoms with Crippen molar-refractivity contribution in [3.8, 4) is 0 Å². The molecule has 0 N–H and O–H groups in total. The topological polar surface area (TPSA) is 64.2 Å². The van der Waals surface area contributed by atoms with Gasteiger partial charge in [-0.05, 0) is 48.7 Å². The number of hydrogen-bond acceptors (Lipinski definition) is 5. The number of nitrogens with zero attached hydrogens (tertiary/aromatic N) is 4. The number of furan rings is 1. The number of aromatic nitrogens is 3. The van der Waals surface area contributed by atoms with E-state index in [1.54, 1.807) is 28.6 Å². The normalized spacial score (nSPS) is 11.1. The molecule has 4 aromatic rings. The first-order valence-electron chi connectivity index (χ1n) is 8.42. The molecule has 6 nitrogen and oxygen atoms in total. The number of fused-ring (bicyclic) bond motifs is 1. The summed E-state index contributed by atoms with van der Waals surface area (Å²) in [6.45, 7) is 3.71. The zero-order valence-corrected chi connectivity index (χ0v) is 15.1. The lowest BCUT2D eigenvalue weighted by Gasteiger charge is -2.21. The zero-order chi connectivity index (χ0) is 17.9. The second-order valence-corrected chi connectivity index (χ2v) is 6.96. The standard InChI is InChI=1S/C19H18N4O2S/c1-2-23-18-8-7-14(11-17(18)20-21-23)19(24)22(12-15-5-3-9-25-15)13-16-6-4-10-26-16/h3-11H,2,12-13H2,1H3. The molecule has 3 heterocycles. The first kappa shape index (κ1) is 16.5. The van der Waals surface area contributed by atoms with Gasteiger partial charge in [0, 0.05) is 17.0 Å². The highest BCUT2D eigenvalue weighted by atomic mass is 32.1. The van der Waals surface area contributed by atoms with Gasteiger partial charge >= 0.3 is 0 Å². The molecule has 0 atom stereocenters. The van der Waals surface area contributed by atoms with Crippen molar-refractivity contribution in [3.63, 3.8) is 0 Å². The fourth-order valence-corrected chi connectivity index (χ4v) is 3.62. The Balaban J connectivity index is 1.64. The van der Waals surface area contributed by atoms with E-state index in [1.807, 2.05) is 53.4 Å². The summed E-state index contributed by atoms with van der Waals surface area (Å²) in [5, 5.41) is 10.3. The molecule has 0 aliphatic carbocycles. The molecule has 0 fully saturated rings. The van der Waals surface area contributed by atoms with Crippen molar-refractivity contribution in [1.82, 2.24) is 19.9 Å². The third-order valence-electron chi connectivity index (χ3n) is 4.20. The van der Waals surface area contributed by atoms with Crippen LogP contribution >= 0.6 is 11.3 Å². The van der Waals surface area contributed by atoms with Gasteiger partial charge in [-0.1, -0.05) is 11.3 Å². The van der Waals surface area contributed by atoms with E-state index >= 15 is 0 Å². The summed E-state index contributed by atoms with van der Waals surface area (Å²) in [6, 6.07) is 13.3. The summed E-state index contributed by atoms with van der Waals surface area (Å²) in [4.78, 5) is 16.1. The van der Waals surface area contributed by atoms with Crippen molar-refractivity contribution in [2.24, 2.45) is 0 Å². The van der Waals surface area contributed by atoms with Gasteiger partial charge in [0.05, 0.1) is 24.9 Å². The summed E-state index contributed by atoms with van der Waals surface area (Å²) in [5.41, 5.74) is 2.26. The Hall–Kier alpha value is -2.93. The van der Waals surface area contributed by atoms with Gasteiger partial charge in [-0.3, -0.25) is 4.79 Å². The molecule has 4 rings (SSSR count). The van der Waals surface area contributed by atoms with Gasteiger partial charge in [-0.2, -0.15) is 0 Å². The highest BCUT2D eigenvalue weighted by molar-refractivity contribution is 7.09. The van der Waals surface area contributed by atoms with Gasteiger partial charge in [0.25, 0.3) is 5.91 Å². The van der Waals surface area contributed by atoms with Crippen LogP contribution in [-0.2, 0) is 19.6 Å². The van der Waals surface area contributed by atoms with Crippen molar-refractivity contribution in [3.05, 3.63) is 70.3 Å². The number of carbonyl (C=O) groups excluding carboxylic acids is 1. The average Bonchev–Trinajstić information content (AvgIpc) is 3.41. The minimum Gasteiger partial charge on any atom is -0.467 e. The van der Waals surface area contributed by atoms with Crippen LogP contribution in [-0.4, -0.2) is 25.8 Å². The molecule has 7 heteroatoms. The summed E-state index contributed by atoms with van der Waals surface area (Å²) in [5.74, 6) is 0.704. The quantitative estimate of drug-likeness (QED) is 0.518. The molecule has 132 valence electrons. The lowest BCUT2D eigenvalue weighted by atomic mass is 10.1. The van der Waals surface area contributed by atoms with E-state index in [9.17, 15) is 4.79 Å². The summed E-state index contributed by atoms with van der Waals surface area (Å²) >= 11 is 1.64. The molecule has 0 saturated carbocycles. The van der Waals surface area contributed by atoms with E-state index in [0.717, 1.165) is 28.2 Å². The third kappa shape index (κ3) is 3.25. The maximum absolute atomic E-state index is 13.2. The van der Waals surface area contributed by atoms with Gasteiger partial charge in [0.15, 0.2) is 0 Å². The Labute approximate surface area is 154 Å². The van der Waals surface area contributed by atoms with Crippen LogP contribution in [0.4, 0.5) is 0 Å². The number of benzene rings is 1. The number of thiophene rings is 1. The summed E-state index contributed by atoms with van der Waals surface area (Å²) < 4.78 is 7.26. The van der Waals surface area contributed by atoms with E-state index in [4.69, 9.17) is 4.42 Å². The smallest absolute Gasteiger partial charge is 0.254 e. The second-order valence-electron chi connectivity index (χ2n) is 5.93. The van der Waals surface area contributed by atoms with Crippen molar-refractivity contribution >= 4 is 28.3 Å². The number of hydrogen-bond donors (Lipinski definition) is 0. The molecule has 0 bridgehead atoms. The molecule has 0 unspecified atom stereocenters. The third-order valence-corrected chi connectivity index (χ3v) is 5.06. The molecular weight excluding hydrogens is 348 g/mol. The van der Waals surface area contributed by atoms with Crippen LogP contribution < -0.4 is 0 Å². The monoisotopic (exact) mass is 366 g/mol. The molecule has 26 heavy (non-hydrogen) atoms. The van der Waals surface area contributed by atoms with Crippen molar-refractivity contribution in [2.45, 2.75) is 26.6 Å². The number of aryl methyl sites for hydroxylation is 1. The van der Waals surface area contributed by atoms with E-state index in [2.05, 4.69) is 10.3 Å².